The van der Waals surface area contributed by atoms with Crippen molar-refractivity contribution in [2.45, 2.75) is 30.2 Å². The van der Waals surface area contributed by atoms with E-state index >= 15 is 0 Å². The minimum atomic E-state index is -0.509. The minimum absolute atomic E-state index is 0. The van der Waals surface area contributed by atoms with Gasteiger partial charge in [-0.2, -0.15) is 0 Å². The van der Waals surface area contributed by atoms with Crippen molar-refractivity contribution in [3.63, 3.8) is 0 Å². The number of amides is 2. The first-order valence-corrected chi connectivity index (χ1v) is 8.85. The number of rotatable bonds is 4. The molecule has 0 saturated carbocycles. The highest BCUT2D eigenvalue weighted by Gasteiger charge is 2.33. The molecule has 0 radical (unpaired) electrons. The fraction of sp³-hybridized carbons (Fsp3) is 0.500. The average molecular weight is 374 g/mol. The third-order valence-electron chi connectivity index (χ3n) is 4.16. The highest BCUT2D eigenvalue weighted by molar-refractivity contribution is 8.00. The lowest BCUT2D eigenvalue weighted by atomic mass is 10.1. The van der Waals surface area contributed by atoms with Crippen LogP contribution in [0.2, 0.25) is 0 Å². The Kier molecular flexibility index (Phi) is 6.89. The molecule has 2 fully saturated rings. The molecule has 2 saturated heterocycles. The first kappa shape index (κ1) is 19.0. The number of thioether (sulfide) groups is 1. The SMILES string of the molecule is Cl.O=C(NC1CCNC1)C1CSC(Cc2ccccc2F)C(=O)N1. The Labute approximate surface area is 150 Å². The van der Waals surface area contributed by atoms with Crippen LogP contribution in [-0.4, -0.2) is 48.0 Å². The van der Waals surface area contributed by atoms with Gasteiger partial charge in [-0.3, -0.25) is 9.59 Å². The molecule has 3 unspecified atom stereocenters. The summed E-state index contributed by atoms with van der Waals surface area (Å²) in [4.78, 5) is 24.4. The van der Waals surface area contributed by atoms with Gasteiger partial charge in [-0.05, 0) is 31.0 Å². The van der Waals surface area contributed by atoms with Crippen LogP contribution in [0.15, 0.2) is 24.3 Å². The number of hydrogen-bond donors (Lipinski definition) is 3. The molecule has 0 aliphatic carbocycles. The quantitative estimate of drug-likeness (QED) is 0.732. The summed E-state index contributed by atoms with van der Waals surface area (Å²) >= 11 is 1.41. The normalized spacial score (nSPS) is 26.4. The van der Waals surface area contributed by atoms with E-state index in [1.54, 1.807) is 18.2 Å². The number of benzene rings is 1. The second kappa shape index (κ2) is 8.69. The van der Waals surface area contributed by atoms with E-state index < -0.39 is 6.04 Å². The molecule has 24 heavy (non-hydrogen) atoms. The van der Waals surface area contributed by atoms with Crippen molar-refractivity contribution in [1.82, 2.24) is 16.0 Å². The van der Waals surface area contributed by atoms with Crippen LogP contribution in [0.25, 0.3) is 0 Å². The Morgan fingerprint density at radius 2 is 2.17 bits per heavy atom. The van der Waals surface area contributed by atoms with E-state index in [0.717, 1.165) is 19.5 Å². The van der Waals surface area contributed by atoms with Crippen LogP contribution < -0.4 is 16.0 Å². The summed E-state index contributed by atoms with van der Waals surface area (Å²) in [6.07, 6.45) is 1.25. The van der Waals surface area contributed by atoms with Gasteiger partial charge in [-0.1, -0.05) is 18.2 Å². The molecule has 0 bridgehead atoms. The van der Waals surface area contributed by atoms with Crippen LogP contribution >= 0.6 is 24.2 Å². The summed E-state index contributed by atoms with van der Waals surface area (Å²) in [6.45, 7) is 1.68. The molecule has 2 aliphatic heterocycles. The smallest absolute Gasteiger partial charge is 0.243 e. The van der Waals surface area contributed by atoms with Crippen molar-refractivity contribution >= 4 is 36.0 Å². The van der Waals surface area contributed by atoms with Gasteiger partial charge in [0.1, 0.15) is 11.9 Å². The molecule has 5 nitrogen and oxygen atoms in total. The third-order valence-corrected chi connectivity index (χ3v) is 5.47. The van der Waals surface area contributed by atoms with E-state index in [4.69, 9.17) is 0 Å². The van der Waals surface area contributed by atoms with Crippen LogP contribution in [0.1, 0.15) is 12.0 Å². The Bertz CT molecular complexity index is 598. The summed E-state index contributed by atoms with van der Waals surface area (Å²) in [5.41, 5.74) is 0.528. The van der Waals surface area contributed by atoms with Gasteiger partial charge >= 0.3 is 0 Å². The van der Waals surface area contributed by atoms with Gasteiger partial charge in [0.15, 0.2) is 0 Å². The summed E-state index contributed by atoms with van der Waals surface area (Å²) < 4.78 is 13.7. The molecule has 2 amide bonds. The molecule has 3 rings (SSSR count). The molecule has 0 aromatic heterocycles. The molecular formula is C16H21ClFN3O2S. The predicted molar refractivity (Wildman–Crippen MR) is 94.9 cm³/mol. The number of carbonyl (C=O) groups excluding carboxylic acids is 2. The second-order valence-electron chi connectivity index (χ2n) is 5.88. The maximum absolute atomic E-state index is 13.7. The van der Waals surface area contributed by atoms with Gasteiger partial charge in [0.2, 0.25) is 11.8 Å². The maximum atomic E-state index is 13.7. The molecule has 2 heterocycles. The van der Waals surface area contributed by atoms with Gasteiger partial charge in [0, 0.05) is 18.3 Å². The topological polar surface area (TPSA) is 70.2 Å². The number of hydrogen-bond acceptors (Lipinski definition) is 4. The van der Waals surface area contributed by atoms with E-state index in [0.29, 0.717) is 17.7 Å². The van der Waals surface area contributed by atoms with Gasteiger partial charge in [-0.25, -0.2) is 4.39 Å². The largest absolute Gasteiger partial charge is 0.350 e. The molecular weight excluding hydrogens is 353 g/mol. The Morgan fingerprint density at radius 3 is 2.83 bits per heavy atom. The lowest BCUT2D eigenvalue weighted by Gasteiger charge is -2.29. The lowest BCUT2D eigenvalue weighted by Crippen LogP contribution is -2.56. The van der Waals surface area contributed by atoms with Crippen molar-refractivity contribution in [3.8, 4) is 0 Å². The van der Waals surface area contributed by atoms with Crippen LogP contribution in [-0.2, 0) is 16.0 Å². The summed E-state index contributed by atoms with van der Waals surface area (Å²) in [5, 5.41) is 8.55. The highest BCUT2D eigenvalue weighted by Crippen LogP contribution is 2.23. The van der Waals surface area contributed by atoms with Crippen molar-refractivity contribution in [2.24, 2.45) is 0 Å². The number of carbonyl (C=O) groups is 2. The standard InChI is InChI=1S/C16H20FN3O2S.ClH/c17-12-4-2-1-3-10(12)7-14-16(22)20-13(9-23-14)15(21)19-11-5-6-18-8-11;/h1-4,11,13-14,18H,5-9H2,(H,19,21)(H,20,22);1H. The lowest BCUT2D eigenvalue weighted by molar-refractivity contribution is -0.129. The van der Waals surface area contributed by atoms with E-state index in [-0.39, 0.29) is 41.3 Å². The van der Waals surface area contributed by atoms with Crippen molar-refractivity contribution < 1.29 is 14.0 Å². The molecule has 0 spiro atoms. The molecule has 1 aromatic rings. The van der Waals surface area contributed by atoms with Crippen molar-refractivity contribution in [1.29, 1.82) is 0 Å². The molecule has 8 heteroatoms. The molecule has 1 aromatic carbocycles. The Morgan fingerprint density at radius 1 is 1.38 bits per heavy atom. The van der Waals surface area contributed by atoms with Gasteiger partial charge in [-0.15, -0.1) is 24.2 Å². The fourth-order valence-electron chi connectivity index (χ4n) is 2.83. The van der Waals surface area contributed by atoms with E-state index in [1.807, 2.05) is 0 Å². The van der Waals surface area contributed by atoms with Gasteiger partial charge in [0.25, 0.3) is 0 Å². The van der Waals surface area contributed by atoms with E-state index in [9.17, 15) is 14.0 Å². The molecule has 132 valence electrons. The second-order valence-corrected chi connectivity index (χ2v) is 7.11. The van der Waals surface area contributed by atoms with Crippen LogP contribution in [0, 0.1) is 5.82 Å². The average Bonchev–Trinajstić information content (AvgIpc) is 3.04. The zero-order chi connectivity index (χ0) is 16.2. The molecule has 2 aliphatic rings. The fourth-order valence-corrected chi connectivity index (χ4v) is 4.01. The monoisotopic (exact) mass is 373 g/mol. The number of halogens is 2. The zero-order valence-electron chi connectivity index (χ0n) is 13.1. The first-order chi connectivity index (χ1) is 11.1. The summed E-state index contributed by atoms with van der Waals surface area (Å²) in [7, 11) is 0. The summed E-state index contributed by atoms with van der Waals surface area (Å²) in [5.74, 6) is -0.121. The third kappa shape index (κ3) is 4.62. The van der Waals surface area contributed by atoms with Crippen molar-refractivity contribution in [2.75, 3.05) is 18.8 Å². The summed E-state index contributed by atoms with van der Waals surface area (Å²) in [6, 6.07) is 6.10. The van der Waals surface area contributed by atoms with Crippen LogP contribution in [0.4, 0.5) is 4.39 Å². The van der Waals surface area contributed by atoms with Crippen molar-refractivity contribution in [3.05, 3.63) is 35.6 Å². The van der Waals surface area contributed by atoms with E-state index in [2.05, 4.69) is 16.0 Å². The predicted octanol–water partition coefficient (Wildman–Crippen LogP) is 0.868. The van der Waals surface area contributed by atoms with Crippen LogP contribution in [0.5, 0.6) is 0 Å². The first-order valence-electron chi connectivity index (χ1n) is 7.80. The minimum Gasteiger partial charge on any atom is -0.350 e. The maximum Gasteiger partial charge on any atom is 0.243 e. The Hall–Kier alpha value is -1.31. The Balaban J connectivity index is 0.00000208. The van der Waals surface area contributed by atoms with Gasteiger partial charge < -0.3 is 16.0 Å². The molecule has 3 N–H and O–H groups in total. The highest BCUT2D eigenvalue weighted by atomic mass is 35.5. The van der Waals surface area contributed by atoms with E-state index in [1.165, 1.54) is 17.8 Å². The zero-order valence-corrected chi connectivity index (χ0v) is 14.7. The number of nitrogens with one attached hydrogen (secondary N) is 3. The van der Waals surface area contributed by atoms with Crippen LogP contribution in [0.3, 0.4) is 0 Å². The molecule has 3 atom stereocenters. The van der Waals surface area contributed by atoms with Gasteiger partial charge in [0.05, 0.1) is 5.25 Å².